The van der Waals surface area contributed by atoms with Crippen molar-refractivity contribution in [3.63, 3.8) is 0 Å². The van der Waals surface area contributed by atoms with Gasteiger partial charge in [0, 0.05) is 18.3 Å². The van der Waals surface area contributed by atoms with Crippen molar-refractivity contribution in [1.82, 2.24) is 0 Å². The number of carbonyl (C=O) groups is 1. The van der Waals surface area contributed by atoms with Crippen molar-refractivity contribution < 1.29 is 14.6 Å². The first-order valence-corrected chi connectivity index (χ1v) is 10.3. The molecule has 0 amide bonds. The van der Waals surface area contributed by atoms with Crippen molar-refractivity contribution in [2.45, 2.75) is 26.2 Å². The number of aryl methyl sites for hydroxylation is 1. The summed E-state index contributed by atoms with van der Waals surface area (Å²) in [7, 11) is 0. The number of hydrogen-bond acceptors (Lipinski definition) is 4. The molecule has 0 heterocycles. The summed E-state index contributed by atoms with van der Waals surface area (Å²) < 4.78 is 5.15. The van der Waals surface area contributed by atoms with Gasteiger partial charge in [-0.15, -0.1) is 0 Å². The molecule has 0 fully saturated rings. The summed E-state index contributed by atoms with van der Waals surface area (Å²) in [6.07, 6.45) is 4.35. The average Bonchev–Trinajstić information content (AvgIpc) is 2.78. The van der Waals surface area contributed by atoms with Gasteiger partial charge >= 0.3 is 5.97 Å². The molecule has 30 heavy (non-hydrogen) atoms. The van der Waals surface area contributed by atoms with Gasteiger partial charge in [-0.3, -0.25) is 4.99 Å². The molecule has 0 bridgehead atoms. The topological polar surface area (TPSA) is 58.9 Å². The largest absolute Gasteiger partial charge is 0.506 e. The average molecular weight is 402 g/mol. The van der Waals surface area contributed by atoms with Crippen molar-refractivity contribution in [3.8, 4) is 0 Å². The monoisotopic (exact) mass is 401 g/mol. The second-order valence-electron chi connectivity index (χ2n) is 6.99. The van der Waals surface area contributed by atoms with Crippen LogP contribution in [0.4, 0.5) is 0 Å². The first kappa shape index (κ1) is 21.3. The van der Waals surface area contributed by atoms with E-state index in [1.54, 1.807) is 13.0 Å². The van der Waals surface area contributed by atoms with Crippen LogP contribution in [0.1, 0.15) is 30.9 Å². The molecule has 154 valence electrons. The minimum atomic E-state index is -0.573. The smallest absolute Gasteiger partial charge is 0.343 e. The van der Waals surface area contributed by atoms with E-state index in [4.69, 9.17) is 4.74 Å². The van der Waals surface area contributed by atoms with E-state index in [2.05, 4.69) is 17.1 Å². The first-order valence-electron chi connectivity index (χ1n) is 10.3. The number of esters is 1. The Morgan fingerprint density at radius 1 is 0.967 bits per heavy atom. The summed E-state index contributed by atoms with van der Waals surface area (Å²) in [6, 6.07) is 23.7. The van der Waals surface area contributed by atoms with Gasteiger partial charge in [0.2, 0.25) is 0 Å². The molecule has 4 nitrogen and oxygen atoms in total. The number of benzene rings is 3. The summed E-state index contributed by atoms with van der Waals surface area (Å²) in [4.78, 5) is 16.9. The number of aliphatic hydroxyl groups excluding tert-OH is 1. The molecule has 0 aliphatic heterocycles. The Morgan fingerprint density at radius 2 is 1.70 bits per heavy atom. The van der Waals surface area contributed by atoms with Crippen LogP contribution >= 0.6 is 0 Å². The van der Waals surface area contributed by atoms with Crippen LogP contribution < -0.4 is 0 Å². The molecule has 0 unspecified atom stereocenters. The Labute approximate surface area is 177 Å². The van der Waals surface area contributed by atoms with Crippen LogP contribution in [0.2, 0.25) is 0 Å². The number of aliphatic hydroxyl groups is 1. The van der Waals surface area contributed by atoms with Crippen molar-refractivity contribution in [2.75, 3.05) is 13.2 Å². The van der Waals surface area contributed by atoms with Gasteiger partial charge in [-0.05, 0) is 42.5 Å². The van der Waals surface area contributed by atoms with Gasteiger partial charge in [0.1, 0.15) is 11.3 Å². The van der Waals surface area contributed by atoms with E-state index in [1.165, 1.54) is 11.8 Å². The minimum Gasteiger partial charge on any atom is -0.506 e. The Balaban J connectivity index is 1.75. The van der Waals surface area contributed by atoms with Gasteiger partial charge in [-0.1, -0.05) is 72.8 Å². The molecule has 0 aliphatic carbocycles. The van der Waals surface area contributed by atoms with Crippen LogP contribution in [0.15, 0.2) is 83.4 Å². The third-order valence-corrected chi connectivity index (χ3v) is 4.86. The van der Waals surface area contributed by atoms with Gasteiger partial charge < -0.3 is 9.84 Å². The third kappa shape index (κ3) is 5.57. The zero-order chi connectivity index (χ0) is 21.2. The highest BCUT2D eigenvalue weighted by atomic mass is 16.5. The molecule has 0 aromatic heterocycles. The van der Waals surface area contributed by atoms with Gasteiger partial charge in [0.05, 0.1) is 6.61 Å². The molecule has 1 N–H and O–H groups in total. The Morgan fingerprint density at radius 3 is 2.50 bits per heavy atom. The molecule has 4 heteroatoms. The highest BCUT2D eigenvalue weighted by Crippen LogP contribution is 2.25. The SMILES string of the molecule is CCOC(=O)C(C=NCCCCc1ccccc1)=C(O)c1cccc2ccccc12. The fraction of sp³-hybridized carbons (Fsp3) is 0.231. The number of aliphatic imine (C=N–C) groups is 1. The van der Waals surface area contributed by atoms with Crippen LogP contribution in [-0.2, 0) is 16.0 Å². The zero-order valence-electron chi connectivity index (χ0n) is 17.3. The standard InChI is InChI=1S/C26H27NO3/c1-2-30-26(29)24(19-27-18-9-8-13-20-11-4-3-5-12-20)25(28)23-17-10-15-21-14-6-7-16-22(21)23/h3-7,10-12,14-17,19,28H,2,8-9,13,18H2,1H3. The van der Waals surface area contributed by atoms with E-state index in [0.717, 1.165) is 30.0 Å². The van der Waals surface area contributed by atoms with Crippen LogP contribution in [0.5, 0.6) is 0 Å². The zero-order valence-corrected chi connectivity index (χ0v) is 17.3. The summed E-state index contributed by atoms with van der Waals surface area (Å²) in [6.45, 7) is 2.56. The van der Waals surface area contributed by atoms with Crippen molar-refractivity contribution in [3.05, 3.63) is 89.5 Å². The molecule has 0 spiro atoms. The molecular weight excluding hydrogens is 374 g/mol. The van der Waals surface area contributed by atoms with Gasteiger partial charge in [0.25, 0.3) is 0 Å². The molecule has 3 aromatic rings. The number of fused-ring (bicyclic) bond motifs is 1. The number of rotatable bonds is 9. The van der Waals surface area contributed by atoms with E-state index >= 15 is 0 Å². The predicted octanol–water partition coefficient (Wildman–Crippen LogP) is 5.77. The second-order valence-corrected chi connectivity index (χ2v) is 6.99. The summed E-state index contributed by atoms with van der Waals surface area (Å²) in [5.74, 6) is -0.686. The van der Waals surface area contributed by atoms with Gasteiger partial charge in [-0.2, -0.15) is 0 Å². The lowest BCUT2D eigenvalue weighted by molar-refractivity contribution is -0.137. The highest BCUT2D eigenvalue weighted by molar-refractivity contribution is 6.16. The maximum atomic E-state index is 12.5. The minimum absolute atomic E-state index is 0.0799. The number of hydrogen-bond donors (Lipinski definition) is 1. The number of ether oxygens (including phenoxy) is 1. The molecule has 0 atom stereocenters. The van der Waals surface area contributed by atoms with E-state index in [9.17, 15) is 9.90 Å². The van der Waals surface area contributed by atoms with Crippen LogP contribution in [0, 0.1) is 0 Å². The molecular formula is C26H27NO3. The summed E-state index contributed by atoms with van der Waals surface area (Å²) >= 11 is 0. The molecule has 3 rings (SSSR count). The van der Waals surface area contributed by atoms with Crippen LogP contribution in [0.3, 0.4) is 0 Å². The van der Waals surface area contributed by atoms with Crippen LogP contribution in [0.25, 0.3) is 16.5 Å². The van der Waals surface area contributed by atoms with Crippen molar-refractivity contribution in [1.29, 1.82) is 0 Å². The Hall–Kier alpha value is -3.40. The second kappa shape index (κ2) is 11.0. The summed E-state index contributed by atoms with van der Waals surface area (Å²) in [5.41, 5.74) is 1.98. The molecule has 0 radical (unpaired) electrons. The van der Waals surface area contributed by atoms with E-state index < -0.39 is 5.97 Å². The Kier molecular flexibility index (Phi) is 7.78. The van der Waals surface area contributed by atoms with E-state index in [-0.39, 0.29) is 17.9 Å². The summed E-state index contributed by atoms with van der Waals surface area (Å²) in [5, 5.41) is 12.8. The molecule has 0 saturated carbocycles. The number of nitrogens with zero attached hydrogens (tertiary/aromatic N) is 1. The first-order chi connectivity index (χ1) is 14.7. The van der Waals surface area contributed by atoms with Gasteiger partial charge in [-0.25, -0.2) is 4.79 Å². The van der Waals surface area contributed by atoms with Crippen LogP contribution in [-0.4, -0.2) is 30.4 Å². The highest BCUT2D eigenvalue weighted by Gasteiger charge is 2.17. The maximum absolute atomic E-state index is 12.5. The number of carbonyl (C=O) groups excluding carboxylic acids is 1. The quantitative estimate of drug-likeness (QED) is 0.163. The van der Waals surface area contributed by atoms with Crippen molar-refractivity contribution in [2.24, 2.45) is 4.99 Å². The molecule has 0 saturated heterocycles. The third-order valence-electron chi connectivity index (χ3n) is 4.86. The van der Waals surface area contributed by atoms with E-state index in [0.29, 0.717) is 12.1 Å². The maximum Gasteiger partial charge on any atom is 0.343 e. The number of unbranched alkanes of at least 4 members (excludes halogenated alkanes) is 1. The lowest BCUT2D eigenvalue weighted by Gasteiger charge is -2.09. The van der Waals surface area contributed by atoms with E-state index in [1.807, 2.05) is 54.6 Å². The molecule has 0 aliphatic rings. The normalized spacial score (nSPS) is 12.2. The van der Waals surface area contributed by atoms with Crippen molar-refractivity contribution >= 4 is 28.7 Å². The van der Waals surface area contributed by atoms with Gasteiger partial charge in [0.15, 0.2) is 0 Å². The molecule has 3 aromatic carbocycles. The predicted molar refractivity (Wildman–Crippen MR) is 123 cm³/mol. The fourth-order valence-electron chi connectivity index (χ4n) is 3.33. The lowest BCUT2D eigenvalue weighted by atomic mass is 10.0. The lowest BCUT2D eigenvalue weighted by Crippen LogP contribution is -2.11. The fourth-order valence-corrected chi connectivity index (χ4v) is 3.33. The Bertz CT molecular complexity index is 1030.